The third-order valence-corrected chi connectivity index (χ3v) is 2.76. The van der Waals surface area contributed by atoms with Crippen LogP contribution in [0.15, 0.2) is 16.6 Å². The van der Waals surface area contributed by atoms with Crippen molar-refractivity contribution in [2.75, 3.05) is 13.7 Å². The molecule has 1 rings (SSSR count). The second-order valence-corrected chi connectivity index (χ2v) is 4.60. The van der Waals surface area contributed by atoms with Crippen LogP contribution < -0.4 is 5.32 Å². The summed E-state index contributed by atoms with van der Waals surface area (Å²) >= 11 is 2.92. The Hall–Kier alpha value is -1.50. The molecular weight excluding hydrogens is 324 g/mol. The first-order valence-electron chi connectivity index (χ1n) is 5.45. The minimum atomic E-state index is -0.947. The zero-order valence-electron chi connectivity index (χ0n) is 10.1. The van der Waals surface area contributed by atoms with Gasteiger partial charge in [0.15, 0.2) is 0 Å². The fourth-order valence-corrected chi connectivity index (χ4v) is 1.79. The number of methoxy groups -OCH3 is 1. The normalized spacial score (nSPS) is 10.1. The molecule has 104 valence electrons. The van der Waals surface area contributed by atoms with Gasteiger partial charge in [-0.05, 0) is 18.6 Å². The maximum absolute atomic E-state index is 13.4. The van der Waals surface area contributed by atoms with E-state index in [1.165, 1.54) is 7.11 Å². The van der Waals surface area contributed by atoms with E-state index in [0.717, 1.165) is 12.1 Å². The lowest BCUT2D eigenvalue weighted by Crippen LogP contribution is -2.27. The van der Waals surface area contributed by atoms with E-state index in [1.807, 2.05) is 0 Å². The SMILES string of the molecule is COC(=O)CCCNC(=O)c1c(F)cc(Br)cc1F. The van der Waals surface area contributed by atoms with Crippen LogP contribution >= 0.6 is 15.9 Å². The van der Waals surface area contributed by atoms with Crippen LogP contribution in [0.1, 0.15) is 23.2 Å². The minimum absolute atomic E-state index is 0.127. The first kappa shape index (κ1) is 15.6. The summed E-state index contributed by atoms with van der Waals surface area (Å²) in [5.41, 5.74) is -0.638. The molecular formula is C12H12BrF2NO3. The lowest BCUT2D eigenvalue weighted by molar-refractivity contribution is -0.140. The summed E-state index contributed by atoms with van der Waals surface area (Å²) in [6.45, 7) is 0.128. The van der Waals surface area contributed by atoms with Crippen LogP contribution in [0.5, 0.6) is 0 Å². The van der Waals surface area contributed by atoms with E-state index < -0.39 is 29.1 Å². The molecule has 19 heavy (non-hydrogen) atoms. The van der Waals surface area contributed by atoms with Crippen molar-refractivity contribution in [1.29, 1.82) is 0 Å². The molecule has 0 saturated carbocycles. The number of halogens is 3. The lowest BCUT2D eigenvalue weighted by Gasteiger charge is -2.07. The lowest BCUT2D eigenvalue weighted by atomic mass is 10.2. The Morgan fingerprint density at radius 3 is 2.42 bits per heavy atom. The maximum Gasteiger partial charge on any atom is 0.305 e. The monoisotopic (exact) mass is 335 g/mol. The van der Waals surface area contributed by atoms with Crippen LogP contribution in [-0.2, 0) is 9.53 Å². The van der Waals surface area contributed by atoms with Gasteiger partial charge in [-0.15, -0.1) is 0 Å². The van der Waals surface area contributed by atoms with Gasteiger partial charge in [-0.25, -0.2) is 8.78 Å². The molecule has 0 radical (unpaired) electrons. The van der Waals surface area contributed by atoms with Gasteiger partial charge in [-0.1, -0.05) is 15.9 Å². The first-order chi connectivity index (χ1) is 8.95. The molecule has 4 nitrogen and oxygen atoms in total. The van der Waals surface area contributed by atoms with E-state index >= 15 is 0 Å². The van der Waals surface area contributed by atoms with Crippen LogP contribution in [0.2, 0.25) is 0 Å². The van der Waals surface area contributed by atoms with E-state index in [4.69, 9.17) is 0 Å². The molecule has 0 heterocycles. The number of hydrogen-bond acceptors (Lipinski definition) is 3. The van der Waals surface area contributed by atoms with Crippen molar-refractivity contribution < 1.29 is 23.1 Å². The van der Waals surface area contributed by atoms with Gasteiger partial charge in [0.25, 0.3) is 5.91 Å². The Morgan fingerprint density at radius 2 is 1.89 bits per heavy atom. The number of nitrogens with one attached hydrogen (secondary N) is 1. The van der Waals surface area contributed by atoms with Gasteiger partial charge in [0.05, 0.1) is 7.11 Å². The highest BCUT2D eigenvalue weighted by Gasteiger charge is 2.17. The summed E-state index contributed by atoms with van der Waals surface area (Å²) in [6.07, 6.45) is 0.459. The van der Waals surface area contributed by atoms with Gasteiger partial charge in [-0.2, -0.15) is 0 Å². The molecule has 0 aliphatic heterocycles. The molecule has 0 fully saturated rings. The second kappa shape index (κ2) is 7.18. The molecule has 0 bridgehead atoms. The van der Waals surface area contributed by atoms with Gasteiger partial charge >= 0.3 is 5.97 Å². The van der Waals surface area contributed by atoms with Crippen LogP contribution in [-0.4, -0.2) is 25.5 Å². The smallest absolute Gasteiger partial charge is 0.305 e. The molecule has 1 aromatic carbocycles. The Morgan fingerprint density at radius 1 is 1.32 bits per heavy atom. The number of hydrogen-bond donors (Lipinski definition) is 1. The Labute approximate surface area is 117 Å². The minimum Gasteiger partial charge on any atom is -0.469 e. The molecule has 0 spiro atoms. The molecule has 0 atom stereocenters. The van der Waals surface area contributed by atoms with Crippen molar-refractivity contribution in [2.45, 2.75) is 12.8 Å². The molecule has 0 saturated heterocycles. The van der Waals surface area contributed by atoms with Crippen molar-refractivity contribution in [3.8, 4) is 0 Å². The summed E-state index contributed by atoms with van der Waals surface area (Å²) in [4.78, 5) is 22.4. The van der Waals surface area contributed by atoms with Crippen LogP contribution in [0.4, 0.5) is 8.78 Å². The highest BCUT2D eigenvalue weighted by molar-refractivity contribution is 9.10. The molecule has 0 aliphatic carbocycles. The molecule has 1 N–H and O–H groups in total. The number of esters is 1. The predicted octanol–water partition coefficient (Wildman–Crippen LogP) is 2.41. The van der Waals surface area contributed by atoms with Crippen molar-refractivity contribution >= 4 is 27.8 Å². The predicted molar refractivity (Wildman–Crippen MR) is 67.6 cm³/mol. The highest BCUT2D eigenvalue weighted by Crippen LogP contribution is 2.19. The Balaban J connectivity index is 2.57. The van der Waals surface area contributed by atoms with Crippen molar-refractivity contribution in [3.63, 3.8) is 0 Å². The number of amides is 1. The number of benzene rings is 1. The topological polar surface area (TPSA) is 55.4 Å². The van der Waals surface area contributed by atoms with Gasteiger partial charge < -0.3 is 10.1 Å². The van der Waals surface area contributed by atoms with E-state index in [2.05, 4.69) is 26.0 Å². The van der Waals surface area contributed by atoms with E-state index in [1.54, 1.807) is 0 Å². The average molecular weight is 336 g/mol. The molecule has 1 aromatic rings. The molecule has 1 amide bonds. The Kier molecular flexibility index (Phi) is 5.88. The van der Waals surface area contributed by atoms with E-state index in [0.29, 0.717) is 6.42 Å². The van der Waals surface area contributed by atoms with Crippen molar-refractivity contribution in [3.05, 3.63) is 33.8 Å². The number of carbonyl (C=O) groups excluding carboxylic acids is 2. The van der Waals surface area contributed by atoms with Crippen LogP contribution in [0, 0.1) is 11.6 Å². The fraction of sp³-hybridized carbons (Fsp3) is 0.333. The number of ether oxygens (including phenoxy) is 1. The van der Waals surface area contributed by atoms with Crippen LogP contribution in [0.3, 0.4) is 0 Å². The van der Waals surface area contributed by atoms with Gasteiger partial charge in [-0.3, -0.25) is 9.59 Å². The van der Waals surface area contributed by atoms with Crippen molar-refractivity contribution in [1.82, 2.24) is 5.32 Å². The fourth-order valence-electron chi connectivity index (χ4n) is 1.38. The van der Waals surface area contributed by atoms with Crippen molar-refractivity contribution in [2.24, 2.45) is 0 Å². The zero-order chi connectivity index (χ0) is 14.4. The molecule has 7 heteroatoms. The average Bonchev–Trinajstić information content (AvgIpc) is 2.33. The number of carbonyl (C=O) groups is 2. The van der Waals surface area contributed by atoms with Gasteiger partial charge in [0.1, 0.15) is 17.2 Å². The zero-order valence-corrected chi connectivity index (χ0v) is 11.7. The van der Waals surface area contributed by atoms with Gasteiger partial charge in [0, 0.05) is 17.4 Å². The maximum atomic E-state index is 13.4. The van der Waals surface area contributed by atoms with E-state index in [9.17, 15) is 18.4 Å². The molecule has 0 aromatic heterocycles. The number of rotatable bonds is 5. The molecule has 0 aliphatic rings. The quantitative estimate of drug-likeness (QED) is 0.664. The first-order valence-corrected chi connectivity index (χ1v) is 6.24. The standard InChI is InChI=1S/C12H12BrF2NO3/c1-19-10(17)3-2-4-16-12(18)11-8(14)5-7(13)6-9(11)15/h5-6H,2-4H2,1H3,(H,16,18). The molecule has 0 unspecified atom stereocenters. The summed E-state index contributed by atoms with van der Waals surface area (Å²) in [5.74, 6) is -3.16. The second-order valence-electron chi connectivity index (χ2n) is 3.68. The summed E-state index contributed by atoms with van der Waals surface area (Å²) in [7, 11) is 1.26. The largest absolute Gasteiger partial charge is 0.469 e. The summed E-state index contributed by atoms with van der Waals surface area (Å²) in [5, 5.41) is 2.34. The van der Waals surface area contributed by atoms with Gasteiger partial charge in [0.2, 0.25) is 0 Å². The third kappa shape index (κ3) is 4.59. The summed E-state index contributed by atoms with van der Waals surface area (Å²) < 4.78 is 31.5. The Bertz CT molecular complexity index is 471. The third-order valence-electron chi connectivity index (χ3n) is 2.30. The van der Waals surface area contributed by atoms with Crippen LogP contribution in [0.25, 0.3) is 0 Å². The van der Waals surface area contributed by atoms with E-state index in [-0.39, 0.29) is 17.4 Å². The summed E-state index contributed by atoms with van der Waals surface area (Å²) in [6, 6.07) is 2.01. The highest BCUT2D eigenvalue weighted by atomic mass is 79.9.